The molecule has 8 nitrogen and oxygen atoms in total. The van der Waals surface area contributed by atoms with Gasteiger partial charge in [-0.25, -0.2) is 4.98 Å². The van der Waals surface area contributed by atoms with Gasteiger partial charge in [0, 0.05) is 17.9 Å². The van der Waals surface area contributed by atoms with Gasteiger partial charge in [0.25, 0.3) is 11.2 Å². The maximum absolute atomic E-state index is 13.1. The zero-order valence-corrected chi connectivity index (χ0v) is 17.6. The molecule has 0 bridgehead atoms. The van der Waals surface area contributed by atoms with Gasteiger partial charge < -0.3 is 0 Å². The van der Waals surface area contributed by atoms with Gasteiger partial charge in [-0.15, -0.1) is 0 Å². The van der Waals surface area contributed by atoms with Gasteiger partial charge in [-0.05, 0) is 23.3 Å². The van der Waals surface area contributed by atoms with Crippen molar-refractivity contribution in [2.24, 2.45) is 0 Å². The Morgan fingerprint density at radius 1 is 1.00 bits per heavy atom. The summed E-state index contributed by atoms with van der Waals surface area (Å²) < 4.78 is 1.15. The van der Waals surface area contributed by atoms with E-state index >= 15 is 0 Å². The van der Waals surface area contributed by atoms with Crippen molar-refractivity contribution in [1.82, 2.24) is 9.66 Å². The van der Waals surface area contributed by atoms with Crippen LogP contribution >= 0.6 is 11.8 Å². The highest BCUT2D eigenvalue weighted by Crippen LogP contribution is 2.23. The molecule has 0 aliphatic rings. The number of carbonyl (C=O) groups is 1. The molecule has 160 valence electrons. The van der Waals surface area contributed by atoms with Crippen molar-refractivity contribution in [3.8, 4) is 0 Å². The summed E-state index contributed by atoms with van der Waals surface area (Å²) in [5.41, 5.74) is 4.28. The fourth-order valence-corrected chi connectivity index (χ4v) is 4.06. The lowest BCUT2D eigenvalue weighted by molar-refractivity contribution is -0.384. The number of thioether (sulfide) groups is 1. The fourth-order valence-electron chi connectivity index (χ4n) is 3.16. The normalized spacial score (nSPS) is 10.8. The first kappa shape index (κ1) is 21.3. The molecule has 1 aromatic heterocycles. The van der Waals surface area contributed by atoms with Gasteiger partial charge in [0.05, 0.1) is 22.2 Å². The second-order valence-electron chi connectivity index (χ2n) is 6.97. The molecule has 9 heteroatoms. The van der Waals surface area contributed by atoms with Crippen LogP contribution in [0.15, 0.2) is 88.8 Å². The van der Waals surface area contributed by atoms with E-state index in [0.29, 0.717) is 27.4 Å². The van der Waals surface area contributed by atoms with Gasteiger partial charge in [0.2, 0.25) is 5.91 Å². The monoisotopic (exact) mass is 446 g/mol. The molecule has 1 N–H and O–H groups in total. The van der Waals surface area contributed by atoms with Crippen LogP contribution in [0.25, 0.3) is 10.9 Å². The minimum Gasteiger partial charge on any atom is -0.273 e. The smallest absolute Gasteiger partial charge is 0.273 e. The standard InChI is InChI=1S/C23H18N4O4S/c28-21(14-16-7-2-1-3-8-16)25-26-22(29)19-11-4-5-12-20(19)24-23(26)32-15-17-9-6-10-18(13-17)27(30)31/h1-13H,14-15H2,(H,25,28). The largest absolute Gasteiger partial charge is 0.281 e. The lowest BCUT2D eigenvalue weighted by atomic mass is 10.1. The second-order valence-corrected chi connectivity index (χ2v) is 7.91. The first-order chi connectivity index (χ1) is 15.5. The number of nitro groups is 1. The average Bonchev–Trinajstić information content (AvgIpc) is 2.80. The second kappa shape index (κ2) is 9.44. The van der Waals surface area contributed by atoms with Crippen molar-refractivity contribution >= 4 is 34.3 Å². The summed E-state index contributed by atoms with van der Waals surface area (Å²) in [6, 6.07) is 22.4. The van der Waals surface area contributed by atoms with Gasteiger partial charge >= 0.3 is 0 Å². The van der Waals surface area contributed by atoms with Gasteiger partial charge in [0.15, 0.2) is 5.16 Å². The Morgan fingerprint density at radius 3 is 2.50 bits per heavy atom. The quantitative estimate of drug-likeness (QED) is 0.200. The Balaban J connectivity index is 1.64. The lowest BCUT2D eigenvalue weighted by Crippen LogP contribution is -2.35. The summed E-state index contributed by atoms with van der Waals surface area (Å²) in [5.74, 6) is -0.0198. The highest BCUT2D eigenvalue weighted by atomic mass is 32.2. The first-order valence-corrected chi connectivity index (χ1v) is 10.7. The first-order valence-electron chi connectivity index (χ1n) is 9.73. The summed E-state index contributed by atoms with van der Waals surface area (Å²) in [4.78, 5) is 40.9. The number of nitrogens with one attached hydrogen (secondary N) is 1. The van der Waals surface area contributed by atoms with Gasteiger partial charge in [-0.2, -0.15) is 4.68 Å². The Bertz CT molecular complexity index is 1360. The third kappa shape index (κ3) is 4.84. The third-order valence-corrected chi connectivity index (χ3v) is 5.69. The topological polar surface area (TPSA) is 107 Å². The van der Waals surface area contributed by atoms with E-state index in [2.05, 4.69) is 10.4 Å². The average molecular weight is 446 g/mol. The van der Waals surface area contributed by atoms with Crippen LogP contribution in [-0.2, 0) is 17.0 Å². The Morgan fingerprint density at radius 2 is 1.72 bits per heavy atom. The van der Waals surface area contributed by atoms with Crippen LogP contribution in [0.4, 0.5) is 5.69 Å². The van der Waals surface area contributed by atoms with Crippen molar-refractivity contribution in [2.45, 2.75) is 17.3 Å². The van der Waals surface area contributed by atoms with E-state index in [-0.39, 0.29) is 18.0 Å². The zero-order valence-electron chi connectivity index (χ0n) is 16.8. The highest BCUT2D eigenvalue weighted by molar-refractivity contribution is 7.98. The SMILES string of the molecule is O=C(Cc1ccccc1)Nn1c(SCc2cccc([N+](=O)[O-])c2)nc2ccccc2c1=O. The molecule has 0 atom stereocenters. The molecule has 0 saturated carbocycles. The molecule has 4 rings (SSSR count). The van der Waals surface area contributed by atoms with E-state index in [9.17, 15) is 19.7 Å². The third-order valence-electron chi connectivity index (χ3n) is 4.68. The summed E-state index contributed by atoms with van der Waals surface area (Å²) >= 11 is 1.21. The minimum absolute atomic E-state index is 0.0110. The Labute approximate surface area is 187 Å². The predicted molar refractivity (Wildman–Crippen MR) is 123 cm³/mol. The number of aromatic nitrogens is 2. The van der Waals surface area contributed by atoms with Crippen LogP contribution in [0, 0.1) is 10.1 Å². The maximum Gasteiger partial charge on any atom is 0.281 e. The van der Waals surface area contributed by atoms with Crippen molar-refractivity contribution < 1.29 is 9.72 Å². The molecule has 0 fully saturated rings. The molecule has 0 unspecified atom stereocenters. The summed E-state index contributed by atoms with van der Waals surface area (Å²) in [6.07, 6.45) is 0.106. The van der Waals surface area contributed by atoms with E-state index in [1.807, 2.05) is 30.3 Å². The molecule has 0 aliphatic carbocycles. The van der Waals surface area contributed by atoms with Crippen molar-refractivity contribution in [3.63, 3.8) is 0 Å². The molecule has 0 radical (unpaired) electrons. The molecular weight excluding hydrogens is 428 g/mol. The molecule has 1 heterocycles. The number of para-hydroxylation sites is 1. The van der Waals surface area contributed by atoms with E-state index in [4.69, 9.17) is 0 Å². The maximum atomic E-state index is 13.1. The Hall–Kier alpha value is -3.98. The molecule has 0 aliphatic heterocycles. The highest BCUT2D eigenvalue weighted by Gasteiger charge is 2.15. The van der Waals surface area contributed by atoms with E-state index in [0.717, 1.165) is 10.2 Å². The number of amides is 1. The van der Waals surface area contributed by atoms with E-state index in [1.165, 1.54) is 23.9 Å². The fraction of sp³-hybridized carbons (Fsp3) is 0.0870. The summed E-state index contributed by atoms with van der Waals surface area (Å²) in [7, 11) is 0. The number of rotatable bonds is 7. The van der Waals surface area contributed by atoms with Crippen LogP contribution in [0.2, 0.25) is 0 Å². The number of benzene rings is 3. The predicted octanol–water partition coefficient (Wildman–Crippen LogP) is 3.91. The molecular formula is C23H18N4O4S. The summed E-state index contributed by atoms with van der Waals surface area (Å²) in [5, 5.41) is 11.7. The number of fused-ring (bicyclic) bond motifs is 1. The van der Waals surface area contributed by atoms with E-state index in [1.54, 1.807) is 36.4 Å². The number of non-ortho nitro benzene ring substituents is 1. The van der Waals surface area contributed by atoms with Gasteiger partial charge in [-0.3, -0.25) is 25.1 Å². The van der Waals surface area contributed by atoms with Crippen LogP contribution < -0.4 is 11.0 Å². The number of hydrogen-bond acceptors (Lipinski definition) is 6. The number of nitro benzene ring substituents is 1. The molecule has 0 saturated heterocycles. The van der Waals surface area contributed by atoms with Crippen LogP contribution in [0.3, 0.4) is 0 Å². The van der Waals surface area contributed by atoms with Gasteiger partial charge in [0.1, 0.15) is 0 Å². The molecule has 1 amide bonds. The Kier molecular flexibility index (Phi) is 6.27. The molecule has 0 spiro atoms. The number of hydrogen-bond donors (Lipinski definition) is 1. The summed E-state index contributed by atoms with van der Waals surface area (Å²) in [6.45, 7) is 0. The van der Waals surface area contributed by atoms with Crippen molar-refractivity contribution in [3.05, 3.63) is 110 Å². The van der Waals surface area contributed by atoms with Crippen LogP contribution in [0.1, 0.15) is 11.1 Å². The van der Waals surface area contributed by atoms with Crippen LogP contribution in [-0.4, -0.2) is 20.5 Å². The van der Waals surface area contributed by atoms with Crippen molar-refractivity contribution in [1.29, 1.82) is 0 Å². The van der Waals surface area contributed by atoms with E-state index < -0.39 is 10.5 Å². The number of nitrogens with zero attached hydrogens (tertiary/aromatic N) is 3. The molecule has 3 aromatic carbocycles. The van der Waals surface area contributed by atoms with Crippen LogP contribution in [0.5, 0.6) is 0 Å². The lowest BCUT2D eigenvalue weighted by Gasteiger charge is -2.14. The van der Waals surface area contributed by atoms with Crippen molar-refractivity contribution in [2.75, 3.05) is 5.43 Å². The molecule has 4 aromatic rings. The number of carbonyl (C=O) groups excluding carboxylic acids is 1. The molecule has 32 heavy (non-hydrogen) atoms. The minimum atomic E-state index is -0.456. The van der Waals surface area contributed by atoms with Gasteiger partial charge in [-0.1, -0.05) is 66.4 Å². The zero-order chi connectivity index (χ0) is 22.5.